The number of amides is 1. The average molecular weight is 449 g/mol. The number of rotatable bonds is 7. The SMILES string of the molecule is CC(C)c1ccc2c3c(C(N)=O)cccc3n(Cc3ccccc3OCc3ccccc3)c2c1. The molecule has 5 rings (SSSR count). The number of nitrogens with two attached hydrogens (primary N) is 1. The molecule has 1 amide bonds. The first-order chi connectivity index (χ1) is 16.5. The van der Waals surface area contributed by atoms with Crippen LogP contribution in [0.2, 0.25) is 0 Å². The zero-order chi connectivity index (χ0) is 23.7. The van der Waals surface area contributed by atoms with E-state index in [0.29, 0.717) is 24.6 Å². The number of primary amides is 1. The average Bonchev–Trinajstić information content (AvgIpc) is 3.17. The number of aromatic nitrogens is 1. The van der Waals surface area contributed by atoms with E-state index in [9.17, 15) is 4.79 Å². The third-order valence-electron chi connectivity index (χ3n) is 6.39. The van der Waals surface area contributed by atoms with E-state index in [1.807, 2.05) is 48.5 Å². The zero-order valence-electron chi connectivity index (χ0n) is 19.5. The van der Waals surface area contributed by atoms with Crippen molar-refractivity contribution < 1.29 is 9.53 Å². The summed E-state index contributed by atoms with van der Waals surface area (Å²) in [5, 5.41) is 1.94. The normalized spacial score (nSPS) is 11.4. The maximum Gasteiger partial charge on any atom is 0.249 e. The van der Waals surface area contributed by atoms with E-state index in [1.165, 1.54) is 5.56 Å². The molecule has 1 aromatic heterocycles. The summed E-state index contributed by atoms with van der Waals surface area (Å²) in [6, 6.07) is 30.6. The van der Waals surface area contributed by atoms with Gasteiger partial charge in [0.15, 0.2) is 0 Å². The molecule has 0 fully saturated rings. The summed E-state index contributed by atoms with van der Waals surface area (Å²) in [4.78, 5) is 12.3. The van der Waals surface area contributed by atoms with Crippen molar-refractivity contribution >= 4 is 27.7 Å². The third-order valence-corrected chi connectivity index (χ3v) is 6.39. The van der Waals surface area contributed by atoms with Crippen LogP contribution in [0.25, 0.3) is 21.8 Å². The maximum absolute atomic E-state index is 12.3. The number of para-hydroxylation sites is 1. The lowest BCUT2D eigenvalue weighted by Crippen LogP contribution is -2.11. The Bertz CT molecular complexity index is 1480. The summed E-state index contributed by atoms with van der Waals surface area (Å²) >= 11 is 0. The van der Waals surface area contributed by atoms with E-state index >= 15 is 0 Å². The first-order valence-corrected chi connectivity index (χ1v) is 11.6. The summed E-state index contributed by atoms with van der Waals surface area (Å²) in [5.41, 5.74) is 11.9. The standard InChI is InChI=1S/C30H28N2O2/c1-20(2)22-15-16-24-27(17-22)32(26-13-8-12-25(29(24)26)30(31)33)18-23-11-6-7-14-28(23)34-19-21-9-4-3-5-10-21/h3-17,20H,18-19H2,1-2H3,(H2,31,33). The Morgan fingerprint density at radius 1 is 0.882 bits per heavy atom. The molecule has 0 saturated heterocycles. The van der Waals surface area contributed by atoms with Crippen LogP contribution in [0.4, 0.5) is 0 Å². The molecule has 34 heavy (non-hydrogen) atoms. The van der Waals surface area contributed by atoms with Crippen molar-refractivity contribution in [2.24, 2.45) is 5.73 Å². The second-order valence-electron chi connectivity index (χ2n) is 8.96. The van der Waals surface area contributed by atoms with E-state index in [1.54, 1.807) is 0 Å². The van der Waals surface area contributed by atoms with Gasteiger partial charge in [0.25, 0.3) is 0 Å². The fourth-order valence-corrected chi connectivity index (χ4v) is 4.58. The zero-order valence-corrected chi connectivity index (χ0v) is 19.5. The molecule has 1 heterocycles. The molecule has 0 saturated carbocycles. The van der Waals surface area contributed by atoms with Crippen molar-refractivity contribution in [2.45, 2.75) is 32.9 Å². The number of nitrogens with zero attached hydrogens (tertiary/aromatic N) is 1. The van der Waals surface area contributed by atoms with Gasteiger partial charge in [-0.25, -0.2) is 0 Å². The molecule has 0 aliphatic rings. The number of fused-ring (bicyclic) bond motifs is 3. The molecule has 4 nitrogen and oxygen atoms in total. The van der Waals surface area contributed by atoms with Gasteiger partial charge in [-0.3, -0.25) is 4.79 Å². The molecule has 0 atom stereocenters. The van der Waals surface area contributed by atoms with E-state index in [0.717, 1.165) is 38.7 Å². The number of hydrogen-bond acceptors (Lipinski definition) is 2. The van der Waals surface area contributed by atoms with E-state index in [2.05, 4.69) is 60.9 Å². The van der Waals surface area contributed by atoms with Crippen LogP contribution in [-0.2, 0) is 13.2 Å². The lowest BCUT2D eigenvalue weighted by molar-refractivity contribution is 0.100. The number of carbonyl (C=O) groups excluding carboxylic acids is 1. The van der Waals surface area contributed by atoms with Crippen LogP contribution in [0.3, 0.4) is 0 Å². The first kappa shape index (κ1) is 21.8. The Kier molecular flexibility index (Phi) is 5.81. The van der Waals surface area contributed by atoms with Gasteiger partial charge in [-0.15, -0.1) is 0 Å². The van der Waals surface area contributed by atoms with Gasteiger partial charge in [-0.05, 0) is 41.3 Å². The highest BCUT2D eigenvalue weighted by molar-refractivity contribution is 6.18. The predicted octanol–water partition coefficient (Wildman–Crippen LogP) is 6.64. The van der Waals surface area contributed by atoms with Gasteiger partial charge in [-0.2, -0.15) is 0 Å². The summed E-state index contributed by atoms with van der Waals surface area (Å²) < 4.78 is 8.50. The highest BCUT2D eigenvalue weighted by Gasteiger charge is 2.18. The van der Waals surface area contributed by atoms with Crippen LogP contribution in [0.15, 0.2) is 91.0 Å². The van der Waals surface area contributed by atoms with Crippen molar-refractivity contribution in [3.8, 4) is 5.75 Å². The molecule has 0 radical (unpaired) electrons. The summed E-state index contributed by atoms with van der Waals surface area (Å²) in [6.45, 7) is 5.51. The van der Waals surface area contributed by atoms with Crippen LogP contribution in [0, 0.1) is 0 Å². The van der Waals surface area contributed by atoms with Crippen LogP contribution < -0.4 is 10.5 Å². The number of carbonyl (C=O) groups is 1. The molecular weight excluding hydrogens is 420 g/mol. The van der Waals surface area contributed by atoms with Crippen LogP contribution >= 0.6 is 0 Å². The largest absolute Gasteiger partial charge is 0.489 e. The second kappa shape index (κ2) is 9.06. The maximum atomic E-state index is 12.3. The van der Waals surface area contributed by atoms with Gasteiger partial charge in [-0.1, -0.05) is 80.6 Å². The Morgan fingerprint density at radius 2 is 1.65 bits per heavy atom. The fraction of sp³-hybridized carbons (Fsp3) is 0.167. The molecule has 2 N–H and O–H groups in total. The Hall–Kier alpha value is -4.05. The second-order valence-corrected chi connectivity index (χ2v) is 8.96. The summed E-state index contributed by atoms with van der Waals surface area (Å²) in [7, 11) is 0. The third kappa shape index (κ3) is 4.03. The molecule has 0 aliphatic heterocycles. The monoisotopic (exact) mass is 448 g/mol. The molecule has 4 heteroatoms. The van der Waals surface area contributed by atoms with Gasteiger partial charge in [0, 0.05) is 27.4 Å². The van der Waals surface area contributed by atoms with Crippen molar-refractivity contribution in [3.05, 3.63) is 113 Å². The van der Waals surface area contributed by atoms with Crippen molar-refractivity contribution in [2.75, 3.05) is 0 Å². The van der Waals surface area contributed by atoms with Gasteiger partial charge in [0.1, 0.15) is 12.4 Å². The Labute approximate surface area is 199 Å². The highest BCUT2D eigenvalue weighted by Crippen LogP contribution is 2.35. The van der Waals surface area contributed by atoms with Crippen molar-refractivity contribution in [1.82, 2.24) is 4.57 Å². The Morgan fingerprint density at radius 3 is 2.41 bits per heavy atom. The molecule has 0 aliphatic carbocycles. The quantitative estimate of drug-likeness (QED) is 0.303. The van der Waals surface area contributed by atoms with Gasteiger partial charge >= 0.3 is 0 Å². The smallest absolute Gasteiger partial charge is 0.249 e. The molecule has 0 unspecified atom stereocenters. The number of benzene rings is 4. The molecule has 170 valence electrons. The molecule has 4 aromatic carbocycles. The van der Waals surface area contributed by atoms with Crippen LogP contribution in [-0.4, -0.2) is 10.5 Å². The van der Waals surface area contributed by atoms with E-state index in [4.69, 9.17) is 10.5 Å². The van der Waals surface area contributed by atoms with Crippen LogP contribution in [0.5, 0.6) is 5.75 Å². The summed E-state index contributed by atoms with van der Waals surface area (Å²) in [5.74, 6) is 0.838. The lowest BCUT2D eigenvalue weighted by Gasteiger charge is -2.14. The molecule has 0 bridgehead atoms. The van der Waals surface area contributed by atoms with E-state index < -0.39 is 5.91 Å². The molecule has 5 aromatic rings. The van der Waals surface area contributed by atoms with Crippen molar-refractivity contribution in [3.63, 3.8) is 0 Å². The minimum atomic E-state index is -0.413. The van der Waals surface area contributed by atoms with Gasteiger partial charge < -0.3 is 15.0 Å². The van der Waals surface area contributed by atoms with Gasteiger partial charge in [0.05, 0.1) is 12.1 Å². The molecule has 0 spiro atoms. The number of ether oxygens (including phenoxy) is 1. The predicted molar refractivity (Wildman–Crippen MR) is 138 cm³/mol. The molecular formula is C30H28N2O2. The Balaban J connectivity index is 1.63. The van der Waals surface area contributed by atoms with E-state index in [-0.39, 0.29) is 0 Å². The topological polar surface area (TPSA) is 57.2 Å². The van der Waals surface area contributed by atoms with Crippen molar-refractivity contribution in [1.29, 1.82) is 0 Å². The minimum Gasteiger partial charge on any atom is -0.489 e. The number of hydrogen-bond donors (Lipinski definition) is 1. The minimum absolute atomic E-state index is 0.396. The highest BCUT2D eigenvalue weighted by atomic mass is 16.5. The van der Waals surface area contributed by atoms with Crippen LogP contribution in [0.1, 0.15) is 46.8 Å². The summed E-state index contributed by atoms with van der Waals surface area (Å²) in [6.07, 6.45) is 0. The van der Waals surface area contributed by atoms with Gasteiger partial charge in [0.2, 0.25) is 5.91 Å². The fourth-order valence-electron chi connectivity index (χ4n) is 4.58. The first-order valence-electron chi connectivity index (χ1n) is 11.6. The lowest BCUT2D eigenvalue weighted by atomic mass is 10.00.